The number of piperazine rings is 1. The monoisotopic (exact) mass is 358 g/mol. The average Bonchev–Trinajstić information content (AvgIpc) is 3.10. The molecule has 0 radical (unpaired) electrons. The van der Waals surface area contributed by atoms with Crippen molar-refractivity contribution >= 4 is 22.7 Å². The van der Waals surface area contributed by atoms with Crippen LogP contribution in [0.4, 0.5) is 11.4 Å². The van der Waals surface area contributed by atoms with Gasteiger partial charge in [0.2, 0.25) is 0 Å². The molecule has 0 saturated carbocycles. The maximum Gasteiger partial charge on any atom is 0.0953 e. The Morgan fingerprint density at radius 2 is 1.88 bits per heavy atom. The molecular formula is C20H30N4S. The van der Waals surface area contributed by atoms with Crippen LogP contribution in [0.25, 0.3) is 0 Å². The molecule has 136 valence electrons. The Kier molecular flexibility index (Phi) is 5.97. The molecule has 1 aliphatic heterocycles. The highest BCUT2D eigenvalue weighted by molar-refractivity contribution is 7.11. The van der Waals surface area contributed by atoms with Gasteiger partial charge in [0.05, 0.1) is 11.6 Å². The van der Waals surface area contributed by atoms with E-state index in [9.17, 15) is 0 Å². The fourth-order valence-corrected chi connectivity index (χ4v) is 4.03. The third-order valence-electron chi connectivity index (χ3n) is 4.79. The summed E-state index contributed by atoms with van der Waals surface area (Å²) in [6.07, 6.45) is 2.00. The molecule has 4 nitrogen and oxygen atoms in total. The van der Waals surface area contributed by atoms with Gasteiger partial charge < -0.3 is 10.2 Å². The van der Waals surface area contributed by atoms with E-state index in [4.69, 9.17) is 0 Å². The molecule has 1 aromatic carbocycles. The standard InChI is InChI=1S/C20H30N4S/c1-15(2)20-22-14-19(25-20)13-21-17-6-5-7-18(12-17)24-10-8-23(9-11-24)16(3)4/h5-7,12,14-16,21H,8-11,13H2,1-4H3. The minimum atomic E-state index is 0.506. The number of benzene rings is 1. The van der Waals surface area contributed by atoms with Crippen molar-refractivity contribution in [1.29, 1.82) is 0 Å². The van der Waals surface area contributed by atoms with Gasteiger partial charge in [-0.3, -0.25) is 4.90 Å². The van der Waals surface area contributed by atoms with Crippen molar-refractivity contribution < 1.29 is 0 Å². The van der Waals surface area contributed by atoms with Crippen LogP contribution in [0.3, 0.4) is 0 Å². The van der Waals surface area contributed by atoms with E-state index in [1.54, 1.807) is 11.3 Å². The molecule has 1 N–H and O–H groups in total. The molecule has 2 heterocycles. The molecule has 1 saturated heterocycles. The smallest absolute Gasteiger partial charge is 0.0953 e. The number of nitrogens with zero attached hydrogens (tertiary/aromatic N) is 3. The molecular weight excluding hydrogens is 328 g/mol. The number of hydrogen-bond acceptors (Lipinski definition) is 5. The predicted molar refractivity (Wildman–Crippen MR) is 109 cm³/mol. The molecule has 1 aromatic heterocycles. The molecule has 0 bridgehead atoms. The van der Waals surface area contributed by atoms with Gasteiger partial charge in [-0.25, -0.2) is 4.98 Å². The van der Waals surface area contributed by atoms with Crippen LogP contribution in [0.15, 0.2) is 30.5 Å². The lowest BCUT2D eigenvalue weighted by molar-refractivity contribution is 0.209. The quantitative estimate of drug-likeness (QED) is 0.829. The van der Waals surface area contributed by atoms with Crippen molar-refractivity contribution in [1.82, 2.24) is 9.88 Å². The van der Waals surface area contributed by atoms with E-state index >= 15 is 0 Å². The van der Waals surface area contributed by atoms with Gasteiger partial charge in [0.1, 0.15) is 0 Å². The van der Waals surface area contributed by atoms with E-state index < -0.39 is 0 Å². The largest absolute Gasteiger partial charge is 0.380 e. The second-order valence-corrected chi connectivity index (χ2v) is 8.49. The minimum absolute atomic E-state index is 0.506. The molecule has 0 unspecified atom stereocenters. The predicted octanol–water partition coefficient (Wildman–Crippen LogP) is 4.41. The van der Waals surface area contributed by atoms with Crippen molar-refractivity contribution in [2.45, 2.75) is 46.2 Å². The lowest BCUT2D eigenvalue weighted by atomic mass is 10.2. The van der Waals surface area contributed by atoms with E-state index in [2.05, 4.69) is 72.1 Å². The zero-order chi connectivity index (χ0) is 17.8. The third kappa shape index (κ3) is 4.73. The Hall–Kier alpha value is -1.59. The molecule has 0 spiro atoms. The van der Waals surface area contributed by atoms with E-state index in [1.165, 1.54) is 21.3 Å². The van der Waals surface area contributed by atoms with Crippen LogP contribution in [-0.4, -0.2) is 42.1 Å². The summed E-state index contributed by atoms with van der Waals surface area (Å²) in [4.78, 5) is 10.8. The van der Waals surface area contributed by atoms with Crippen LogP contribution in [0, 0.1) is 0 Å². The van der Waals surface area contributed by atoms with Crippen LogP contribution in [0.5, 0.6) is 0 Å². The van der Waals surface area contributed by atoms with Crippen LogP contribution in [0.1, 0.15) is 43.5 Å². The molecule has 1 fully saturated rings. The lowest BCUT2D eigenvalue weighted by Crippen LogP contribution is -2.48. The van der Waals surface area contributed by atoms with Gasteiger partial charge in [-0.05, 0) is 32.0 Å². The second-order valence-electron chi connectivity index (χ2n) is 7.34. The molecule has 0 amide bonds. The number of hydrogen-bond donors (Lipinski definition) is 1. The first kappa shape index (κ1) is 18.2. The fourth-order valence-electron chi connectivity index (χ4n) is 3.17. The maximum atomic E-state index is 4.51. The second kappa shape index (κ2) is 8.19. The number of nitrogens with one attached hydrogen (secondary N) is 1. The Labute approximate surface area is 155 Å². The first-order chi connectivity index (χ1) is 12.0. The van der Waals surface area contributed by atoms with Gasteiger partial charge in [0, 0.05) is 60.6 Å². The van der Waals surface area contributed by atoms with Gasteiger partial charge in [0.25, 0.3) is 0 Å². The summed E-state index contributed by atoms with van der Waals surface area (Å²) in [6.45, 7) is 14.3. The van der Waals surface area contributed by atoms with Gasteiger partial charge in [-0.2, -0.15) is 0 Å². The van der Waals surface area contributed by atoms with Crippen LogP contribution in [0.2, 0.25) is 0 Å². The zero-order valence-electron chi connectivity index (χ0n) is 15.8. The first-order valence-corrected chi connectivity index (χ1v) is 10.1. The molecule has 25 heavy (non-hydrogen) atoms. The average molecular weight is 359 g/mol. The number of thiazole rings is 1. The van der Waals surface area contributed by atoms with Gasteiger partial charge in [-0.15, -0.1) is 11.3 Å². The number of aromatic nitrogens is 1. The third-order valence-corrected chi connectivity index (χ3v) is 6.09. The Balaban J connectivity index is 1.58. The summed E-state index contributed by atoms with van der Waals surface area (Å²) in [5, 5.41) is 4.77. The normalized spacial score (nSPS) is 16.0. The van der Waals surface area contributed by atoms with Crippen molar-refractivity contribution in [3.8, 4) is 0 Å². The minimum Gasteiger partial charge on any atom is -0.380 e. The van der Waals surface area contributed by atoms with Crippen molar-refractivity contribution in [3.05, 3.63) is 40.3 Å². The molecule has 0 aliphatic carbocycles. The molecule has 0 atom stereocenters. The summed E-state index contributed by atoms with van der Waals surface area (Å²) in [5.74, 6) is 0.506. The molecule has 5 heteroatoms. The summed E-state index contributed by atoms with van der Waals surface area (Å²) >= 11 is 1.81. The van der Waals surface area contributed by atoms with Crippen molar-refractivity contribution in [3.63, 3.8) is 0 Å². The topological polar surface area (TPSA) is 31.4 Å². The van der Waals surface area contributed by atoms with Crippen LogP contribution >= 0.6 is 11.3 Å². The number of rotatable bonds is 6. The summed E-state index contributed by atoms with van der Waals surface area (Å²) in [5.41, 5.74) is 2.50. The highest BCUT2D eigenvalue weighted by Crippen LogP contribution is 2.24. The van der Waals surface area contributed by atoms with Crippen LogP contribution in [-0.2, 0) is 6.54 Å². The van der Waals surface area contributed by atoms with Crippen molar-refractivity contribution in [2.75, 3.05) is 36.4 Å². The Bertz CT molecular complexity index is 672. The summed E-state index contributed by atoms with van der Waals surface area (Å²) < 4.78 is 0. The maximum absolute atomic E-state index is 4.51. The highest BCUT2D eigenvalue weighted by Gasteiger charge is 2.19. The van der Waals surface area contributed by atoms with E-state index in [1.807, 2.05) is 6.20 Å². The van der Waals surface area contributed by atoms with Crippen molar-refractivity contribution in [2.24, 2.45) is 0 Å². The van der Waals surface area contributed by atoms with Crippen LogP contribution < -0.4 is 10.2 Å². The van der Waals surface area contributed by atoms with Gasteiger partial charge >= 0.3 is 0 Å². The summed E-state index contributed by atoms with van der Waals surface area (Å²) in [6, 6.07) is 9.44. The summed E-state index contributed by atoms with van der Waals surface area (Å²) in [7, 11) is 0. The van der Waals surface area contributed by atoms with E-state index in [0.29, 0.717) is 12.0 Å². The Morgan fingerprint density at radius 3 is 2.52 bits per heavy atom. The van der Waals surface area contributed by atoms with Gasteiger partial charge in [0.15, 0.2) is 0 Å². The molecule has 1 aliphatic rings. The molecule has 2 aromatic rings. The van der Waals surface area contributed by atoms with E-state index in [-0.39, 0.29) is 0 Å². The SMILES string of the molecule is CC(C)c1ncc(CNc2cccc(N3CCN(C(C)C)CC3)c2)s1. The van der Waals surface area contributed by atoms with Gasteiger partial charge in [-0.1, -0.05) is 19.9 Å². The fraction of sp³-hybridized carbons (Fsp3) is 0.550. The molecule has 3 rings (SSSR count). The first-order valence-electron chi connectivity index (χ1n) is 9.30. The number of anilines is 2. The van der Waals surface area contributed by atoms with E-state index in [0.717, 1.165) is 32.7 Å². The highest BCUT2D eigenvalue weighted by atomic mass is 32.1. The Morgan fingerprint density at radius 1 is 1.12 bits per heavy atom. The zero-order valence-corrected chi connectivity index (χ0v) is 16.6. The lowest BCUT2D eigenvalue weighted by Gasteiger charge is -2.38.